The molecular formula is C22H26N2O4S. The molecule has 2 N–H and O–H groups in total. The predicted molar refractivity (Wildman–Crippen MR) is 115 cm³/mol. The van der Waals surface area contributed by atoms with E-state index < -0.39 is 6.04 Å². The first-order valence-corrected chi connectivity index (χ1v) is 10.7. The first-order valence-electron chi connectivity index (χ1n) is 9.90. The van der Waals surface area contributed by atoms with Crippen LogP contribution in [-0.4, -0.2) is 30.3 Å². The number of amides is 1. The SMILES string of the molecule is CCOC(=O)c1c(NC(=O)C(C)Nc2cccc(C(C)=O)c2)sc2c1CCCC2. The molecule has 1 aliphatic carbocycles. The van der Waals surface area contributed by atoms with Crippen LogP contribution in [0.15, 0.2) is 24.3 Å². The minimum atomic E-state index is -0.550. The maximum absolute atomic E-state index is 12.8. The number of hydrogen-bond acceptors (Lipinski definition) is 6. The maximum atomic E-state index is 12.8. The number of fused-ring (bicyclic) bond motifs is 1. The second-order valence-electron chi connectivity index (χ2n) is 7.13. The smallest absolute Gasteiger partial charge is 0.341 e. The van der Waals surface area contributed by atoms with Gasteiger partial charge in [0, 0.05) is 16.1 Å². The van der Waals surface area contributed by atoms with E-state index in [9.17, 15) is 14.4 Å². The topological polar surface area (TPSA) is 84.5 Å². The Morgan fingerprint density at radius 3 is 2.69 bits per heavy atom. The van der Waals surface area contributed by atoms with Gasteiger partial charge in [-0.25, -0.2) is 4.79 Å². The number of esters is 1. The fourth-order valence-corrected chi connectivity index (χ4v) is 4.72. The molecule has 2 aromatic rings. The third-order valence-electron chi connectivity index (χ3n) is 4.93. The summed E-state index contributed by atoms with van der Waals surface area (Å²) in [5.41, 5.74) is 2.80. The number of anilines is 2. The molecule has 0 bridgehead atoms. The number of ketones is 1. The Morgan fingerprint density at radius 1 is 1.21 bits per heavy atom. The monoisotopic (exact) mass is 414 g/mol. The van der Waals surface area contributed by atoms with Crippen molar-refractivity contribution in [1.29, 1.82) is 0 Å². The van der Waals surface area contributed by atoms with E-state index in [0.717, 1.165) is 36.1 Å². The van der Waals surface area contributed by atoms with E-state index in [-0.39, 0.29) is 17.7 Å². The Kier molecular flexibility index (Phi) is 6.69. The molecule has 1 amide bonds. The first kappa shape index (κ1) is 21.0. The van der Waals surface area contributed by atoms with Gasteiger partial charge in [0.05, 0.1) is 12.2 Å². The van der Waals surface area contributed by atoms with Gasteiger partial charge < -0.3 is 15.4 Å². The summed E-state index contributed by atoms with van der Waals surface area (Å²) in [5.74, 6) is -0.659. The van der Waals surface area contributed by atoms with Crippen LogP contribution in [0.25, 0.3) is 0 Å². The van der Waals surface area contributed by atoms with Crippen LogP contribution in [0.2, 0.25) is 0 Å². The lowest BCUT2D eigenvalue weighted by molar-refractivity contribution is -0.116. The summed E-state index contributed by atoms with van der Waals surface area (Å²) in [6, 6.07) is 6.49. The van der Waals surface area contributed by atoms with Gasteiger partial charge in [-0.1, -0.05) is 12.1 Å². The van der Waals surface area contributed by atoms with Gasteiger partial charge in [0.25, 0.3) is 0 Å². The number of carbonyl (C=O) groups excluding carboxylic acids is 3. The average molecular weight is 415 g/mol. The highest BCUT2D eigenvalue weighted by atomic mass is 32.1. The zero-order valence-electron chi connectivity index (χ0n) is 17.0. The molecule has 0 saturated carbocycles. The Balaban J connectivity index is 1.77. The summed E-state index contributed by atoms with van der Waals surface area (Å²) < 4.78 is 5.24. The quantitative estimate of drug-likeness (QED) is 0.517. The second kappa shape index (κ2) is 9.22. The Labute approximate surface area is 174 Å². The molecule has 1 aromatic carbocycles. The molecule has 0 fully saturated rings. The molecule has 0 saturated heterocycles. The van der Waals surface area contributed by atoms with Gasteiger partial charge in [0.1, 0.15) is 11.0 Å². The summed E-state index contributed by atoms with van der Waals surface area (Å²) in [6.07, 6.45) is 3.89. The molecule has 1 unspecified atom stereocenters. The van der Waals surface area contributed by atoms with Crippen LogP contribution in [0, 0.1) is 0 Å². The van der Waals surface area contributed by atoms with Crippen LogP contribution in [0.5, 0.6) is 0 Å². The van der Waals surface area contributed by atoms with Crippen molar-refractivity contribution in [3.63, 3.8) is 0 Å². The molecule has 3 rings (SSSR count). The molecule has 0 aliphatic heterocycles. The highest BCUT2D eigenvalue weighted by Crippen LogP contribution is 2.38. The molecule has 1 atom stereocenters. The highest BCUT2D eigenvalue weighted by molar-refractivity contribution is 7.17. The number of benzene rings is 1. The molecule has 0 radical (unpaired) electrons. The van der Waals surface area contributed by atoms with E-state index in [0.29, 0.717) is 28.4 Å². The van der Waals surface area contributed by atoms with Crippen LogP contribution < -0.4 is 10.6 Å². The van der Waals surface area contributed by atoms with Gasteiger partial charge in [-0.3, -0.25) is 9.59 Å². The number of aryl methyl sites for hydroxylation is 1. The van der Waals surface area contributed by atoms with Crippen molar-refractivity contribution in [3.8, 4) is 0 Å². The fraction of sp³-hybridized carbons (Fsp3) is 0.409. The number of thiophene rings is 1. The lowest BCUT2D eigenvalue weighted by atomic mass is 9.95. The zero-order valence-corrected chi connectivity index (χ0v) is 17.8. The van der Waals surface area contributed by atoms with Crippen LogP contribution in [0.1, 0.15) is 64.8 Å². The third-order valence-corrected chi connectivity index (χ3v) is 6.14. The van der Waals surface area contributed by atoms with Crippen molar-refractivity contribution >= 4 is 39.7 Å². The van der Waals surface area contributed by atoms with Crippen molar-refractivity contribution in [3.05, 3.63) is 45.8 Å². The van der Waals surface area contributed by atoms with E-state index in [1.54, 1.807) is 32.0 Å². The van der Waals surface area contributed by atoms with E-state index in [1.165, 1.54) is 18.3 Å². The van der Waals surface area contributed by atoms with Gasteiger partial charge in [0.15, 0.2) is 5.78 Å². The number of hydrogen-bond donors (Lipinski definition) is 2. The molecule has 1 aliphatic rings. The second-order valence-corrected chi connectivity index (χ2v) is 8.23. The number of ether oxygens (including phenoxy) is 1. The lowest BCUT2D eigenvalue weighted by Crippen LogP contribution is -2.32. The lowest BCUT2D eigenvalue weighted by Gasteiger charge is -2.16. The van der Waals surface area contributed by atoms with Crippen molar-refractivity contribution in [1.82, 2.24) is 0 Å². The van der Waals surface area contributed by atoms with Gasteiger partial charge in [0.2, 0.25) is 5.91 Å². The normalized spacial score (nSPS) is 13.9. The van der Waals surface area contributed by atoms with Gasteiger partial charge in [-0.2, -0.15) is 0 Å². The molecule has 0 spiro atoms. The Bertz CT molecular complexity index is 935. The Morgan fingerprint density at radius 2 is 1.97 bits per heavy atom. The van der Waals surface area contributed by atoms with Crippen LogP contribution >= 0.6 is 11.3 Å². The van der Waals surface area contributed by atoms with E-state index in [1.807, 2.05) is 6.07 Å². The first-order chi connectivity index (χ1) is 13.9. The minimum Gasteiger partial charge on any atom is -0.462 e. The third kappa shape index (κ3) is 4.85. The highest BCUT2D eigenvalue weighted by Gasteiger charge is 2.28. The average Bonchev–Trinajstić information content (AvgIpc) is 3.06. The summed E-state index contributed by atoms with van der Waals surface area (Å²) in [5, 5.41) is 6.59. The van der Waals surface area contributed by atoms with Crippen molar-refractivity contribution in [2.24, 2.45) is 0 Å². The van der Waals surface area contributed by atoms with Crippen LogP contribution in [0.4, 0.5) is 10.7 Å². The predicted octanol–water partition coefficient (Wildman–Crippen LogP) is 4.45. The van der Waals surface area contributed by atoms with Crippen molar-refractivity contribution in [2.75, 3.05) is 17.2 Å². The van der Waals surface area contributed by atoms with Crippen molar-refractivity contribution < 1.29 is 19.1 Å². The van der Waals surface area contributed by atoms with Crippen molar-refractivity contribution in [2.45, 2.75) is 52.5 Å². The van der Waals surface area contributed by atoms with Gasteiger partial charge >= 0.3 is 5.97 Å². The number of rotatable bonds is 7. The minimum absolute atomic E-state index is 0.0333. The molecule has 1 heterocycles. The van der Waals surface area contributed by atoms with E-state index in [4.69, 9.17) is 4.74 Å². The molecule has 6 nitrogen and oxygen atoms in total. The number of nitrogens with one attached hydrogen (secondary N) is 2. The van der Waals surface area contributed by atoms with Gasteiger partial charge in [-0.05, 0) is 64.2 Å². The molecular weight excluding hydrogens is 388 g/mol. The molecule has 154 valence electrons. The van der Waals surface area contributed by atoms with Crippen LogP contribution in [-0.2, 0) is 22.4 Å². The molecule has 7 heteroatoms. The maximum Gasteiger partial charge on any atom is 0.341 e. The summed E-state index contributed by atoms with van der Waals surface area (Å²) >= 11 is 1.47. The summed E-state index contributed by atoms with van der Waals surface area (Å²) in [7, 11) is 0. The van der Waals surface area contributed by atoms with E-state index in [2.05, 4.69) is 10.6 Å². The Hall–Kier alpha value is -2.67. The molecule has 1 aromatic heterocycles. The fourth-order valence-electron chi connectivity index (χ4n) is 3.44. The zero-order chi connectivity index (χ0) is 21.0. The van der Waals surface area contributed by atoms with Gasteiger partial charge in [-0.15, -0.1) is 11.3 Å². The number of Topliss-reactive ketones (excluding diaryl/α,β-unsaturated/α-hetero) is 1. The summed E-state index contributed by atoms with van der Waals surface area (Å²) in [6.45, 7) is 5.31. The summed E-state index contributed by atoms with van der Waals surface area (Å²) in [4.78, 5) is 38.0. The van der Waals surface area contributed by atoms with Crippen LogP contribution in [0.3, 0.4) is 0 Å². The molecule has 29 heavy (non-hydrogen) atoms. The van der Waals surface area contributed by atoms with E-state index >= 15 is 0 Å². The standard InChI is InChI=1S/C22H26N2O4S/c1-4-28-22(27)19-17-10-5-6-11-18(17)29-21(19)24-20(26)13(2)23-16-9-7-8-15(12-16)14(3)25/h7-9,12-13,23H,4-6,10-11H2,1-3H3,(H,24,26). The largest absolute Gasteiger partial charge is 0.462 e. The number of carbonyl (C=O) groups is 3.